The molecule has 1 heterocycles. The normalized spacial score (nSPS) is 14.3. The van der Waals surface area contributed by atoms with Gasteiger partial charge in [0.2, 0.25) is 6.49 Å². The predicted molar refractivity (Wildman–Crippen MR) is 79.7 cm³/mol. The average molecular weight is 298 g/mol. The topological polar surface area (TPSA) is 48.7 Å². The van der Waals surface area contributed by atoms with Crippen LogP contribution >= 0.6 is 6.49 Å². The maximum atomic E-state index is 11.4. The summed E-state index contributed by atoms with van der Waals surface area (Å²) in [4.78, 5) is 11.4. The van der Waals surface area contributed by atoms with Crippen molar-refractivity contribution in [2.45, 2.75) is 13.8 Å². The summed E-state index contributed by atoms with van der Waals surface area (Å²) in [5.41, 5.74) is 0.996. The Morgan fingerprint density at radius 1 is 1.37 bits per heavy atom. The highest BCUT2D eigenvalue weighted by atomic mass is 32.5. The number of rotatable bonds is 4. The van der Waals surface area contributed by atoms with Crippen molar-refractivity contribution in [2.24, 2.45) is 0 Å². The van der Waals surface area contributed by atoms with Crippen LogP contribution in [0, 0.1) is 6.92 Å². The van der Waals surface area contributed by atoms with E-state index >= 15 is 0 Å². The number of aryl methyl sites for hydroxylation is 1. The van der Waals surface area contributed by atoms with E-state index in [0.717, 1.165) is 10.9 Å². The number of hydrogen-bond donors (Lipinski definition) is 0. The third-order valence-electron chi connectivity index (χ3n) is 2.56. The standard InChI is InChI=1S/C13H15O4PS/c1-4-15-18(3,19)17-10-5-6-11-9(2)7-13(14)16-12(11)8-10/h5-8H,4H2,1-3H3. The lowest BCUT2D eigenvalue weighted by molar-refractivity contribution is 0.335. The van der Waals surface area contributed by atoms with Crippen LogP contribution in [-0.2, 0) is 16.3 Å². The van der Waals surface area contributed by atoms with E-state index < -0.39 is 6.49 Å². The highest BCUT2D eigenvalue weighted by molar-refractivity contribution is 8.09. The van der Waals surface area contributed by atoms with E-state index in [1.807, 2.05) is 19.9 Å². The van der Waals surface area contributed by atoms with Crippen LogP contribution < -0.4 is 10.1 Å². The molecule has 19 heavy (non-hydrogen) atoms. The minimum atomic E-state index is -2.30. The zero-order chi connectivity index (χ0) is 14.0. The highest BCUT2D eigenvalue weighted by Gasteiger charge is 2.13. The van der Waals surface area contributed by atoms with Crippen molar-refractivity contribution in [2.75, 3.05) is 13.3 Å². The van der Waals surface area contributed by atoms with Crippen molar-refractivity contribution in [1.29, 1.82) is 0 Å². The first-order valence-corrected chi connectivity index (χ1v) is 8.96. The fourth-order valence-electron chi connectivity index (χ4n) is 1.81. The zero-order valence-corrected chi connectivity index (χ0v) is 12.7. The van der Waals surface area contributed by atoms with Crippen molar-refractivity contribution in [1.82, 2.24) is 0 Å². The Morgan fingerprint density at radius 3 is 2.79 bits per heavy atom. The maximum Gasteiger partial charge on any atom is 0.336 e. The molecule has 4 nitrogen and oxygen atoms in total. The van der Waals surface area contributed by atoms with E-state index in [2.05, 4.69) is 0 Å². The third-order valence-corrected chi connectivity index (χ3v) is 4.37. The summed E-state index contributed by atoms with van der Waals surface area (Å²) in [6.07, 6.45) is 0. The van der Waals surface area contributed by atoms with Crippen molar-refractivity contribution in [3.63, 3.8) is 0 Å². The molecule has 2 aromatic rings. The summed E-state index contributed by atoms with van der Waals surface area (Å²) < 4.78 is 16.2. The zero-order valence-electron chi connectivity index (χ0n) is 11.0. The summed E-state index contributed by atoms with van der Waals surface area (Å²) in [7, 11) is 0. The first kappa shape index (κ1) is 14.3. The van der Waals surface area contributed by atoms with Gasteiger partial charge in [-0.2, -0.15) is 0 Å². The molecule has 102 valence electrons. The Balaban J connectivity index is 2.42. The van der Waals surface area contributed by atoms with Crippen molar-refractivity contribution >= 4 is 29.3 Å². The van der Waals surface area contributed by atoms with Gasteiger partial charge < -0.3 is 13.5 Å². The fourth-order valence-corrected chi connectivity index (χ4v) is 3.41. The predicted octanol–water partition coefficient (Wildman–Crippen LogP) is 3.46. The molecule has 0 N–H and O–H groups in total. The second kappa shape index (κ2) is 5.45. The van der Waals surface area contributed by atoms with Gasteiger partial charge in [0.25, 0.3) is 0 Å². The van der Waals surface area contributed by atoms with Gasteiger partial charge >= 0.3 is 5.63 Å². The minimum Gasteiger partial charge on any atom is -0.443 e. The van der Waals surface area contributed by atoms with E-state index in [0.29, 0.717) is 17.9 Å². The second-order valence-electron chi connectivity index (χ2n) is 4.19. The van der Waals surface area contributed by atoms with Gasteiger partial charge in [-0.05, 0) is 43.4 Å². The lowest BCUT2D eigenvalue weighted by Crippen LogP contribution is -1.99. The van der Waals surface area contributed by atoms with Crippen LogP contribution in [0.5, 0.6) is 5.75 Å². The molecule has 0 fully saturated rings. The summed E-state index contributed by atoms with van der Waals surface area (Å²) in [6.45, 7) is 3.71. The molecule has 1 atom stereocenters. The Hall–Kier alpha value is -1.16. The lowest BCUT2D eigenvalue weighted by Gasteiger charge is -2.18. The Labute approximate surface area is 116 Å². The molecule has 0 amide bonds. The van der Waals surface area contributed by atoms with Gasteiger partial charge in [0.05, 0.1) is 6.61 Å². The Bertz CT molecular complexity index is 707. The summed E-state index contributed by atoms with van der Waals surface area (Å²) >= 11 is 5.27. The van der Waals surface area contributed by atoms with Crippen LogP contribution in [0.15, 0.2) is 33.5 Å². The van der Waals surface area contributed by atoms with Crippen LogP contribution in [0.3, 0.4) is 0 Å². The van der Waals surface area contributed by atoms with Crippen molar-refractivity contribution < 1.29 is 13.5 Å². The summed E-state index contributed by atoms with van der Waals surface area (Å²) in [5, 5.41) is 0.882. The van der Waals surface area contributed by atoms with Gasteiger partial charge in [-0.15, -0.1) is 0 Å². The lowest BCUT2D eigenvalue weighted by atomic mass is 10.1. The van der Waals surface area contributed by atoms with Crippen LogP contribution in [0.1, 0.15) is 12.5 Å². The number of benzene rings is 1. The number of fused-ring (bicyclic) bond motifs is 1. The van der Waals surface area contributed by atoms with E-state index in [1.165, 1.54) is 6.07 Å². The largest absolute Gasteiger partial charge is 0.443 e. The average Bonchev–Trinajstić information content (AvgIpc) is 2.26. The Kier molecular flexibility index (Phi) is 4.09. The van der Waals surface area contributed by atoms with E-state index in [-0.39, 0.29) is 5.63 Å². The quantitative estimate of drug-likeness (QED) is 0.639. The van der Waals surface area contributed by atoms with Gasteiger partial charge in [-0.1, -0.05) is 0 Å². The monoisotopic (exact) mass is 298 g/mol. The van der Waals surface area contributed by atoms with Crippen molar-refractivity contribution in [3.05, 3.63) is 40.2 Å². The molecule has 2 rings (SSSR count). The molecular weight excluding hydrogens is 283 g/mol. The first-order chi connectivity index (χ1) is 8.91. The molecule has 1 aromatic carbocycles. The van der Waals surface area contributed by atoms with Gasteiger partial charge in [-0.3, -0.25) is 0 Å². The SMILES string of the molecule is CCOP(C)(=S)Oc1ccc2c(C)cc(=O)oc2c1. The molecule has 0 aliphatic carbocycles. The molecule has 1 unspecified atom stereocenters. The minimum absolute atomic E-state index is 0.372. The van der Waals surface area contributed by atoms with Gasteiger partial charge in [0, 0.05) is 24.2 Å². The van der Waals surface area contributed by atoms with Crippen LogP contribution in [-0.4, -0.2) is 13.3 Å². The van der Waals surface area contributed by atoms with Crippen molar-refractivity contribution in [3.8, 4) is 5.75 Å². The highest BCUT2D eigenvalue weighted by Crippen LogP contribution is 2.45. The van der Waals surface area contributed by atoms with E-state index in [4.69, 9.17) is 25.3 Å². The molecular formula is C13H15O4PS. The van der Waals surface area contributed by atoms with Crippen LogP contribution in [0.4, 0.5) is 0 Å². The first-order valence-electron chi connectivity index (χ1n) is 5.87. The summed E-state index contributed by atoms with van der Waals surface area (Å²) in [5.74, 6) is 0.556. The third kappa shape index (κ3) is 3.44. The summed E-state index contributed by atoms with van der Waals surface area (Å²) in [6, 6.07) is 6.80. The van der Waals surface area contributed by atoms with E-state index in [1.54, 1.807) is 18.8 Å². The second-order valence-corrected chi connectivity index (χ2v) is 8.16. The molecule has 0 saturated carbocycles. The molecule has 1 aromatic heterocycles. The molecule has 0 aliphatic heterocycles. The smallest absolute Gasteiger partial charge is 0.336 e. The fraction of sp³-hybridized carbons (Fsp3) is 0.308. The van der Waals surface area contributed by atoms with Crippen LogP contribution in [0.25, 0.3) is 11.0 Å². The Morgan fingerprint density at radius 2 is 2.11 bits per heavy atom. The molecule has 0 saturated heterocycles. The molecule has 0 bridgehead atoms. The van der Waals surface area contributed by atoms with Gasteiger partial charge in [0.15, 0.2) is 0 Å². The molecule has 6 heteroatoms. The van der Waals surface area contributed by atoms with Crippen LogP contribution in [0.2, 0.25) is 0 Å². The maximum absolute atomic E-state index is 11.4. The van der Waals surface area contributed by atoms with Gasteiger partial charge in [0.1, 0.15) is 11.3 Å². The van der Waals surface area contributed by atoms with E-state index in [9.17, 15) is 4.79 Å². The molecule has 0 radical (unpaired) electrons. The number of hydrogen-bond acceptors (Lipinski definition) is 5. The molecule has 0 spiro atoms. The molecule has 0 aliphatic rings. The van der Waals surface area contributed by atoms with Gasteiger partial charge in [-0.25, -0.2) is 4.79 Å².